The SMILES string of the molecule is C[C@H]1COc2cc(C(=O)NO)ccc2CN1C. The molecule has 1 amide bonds. The van der Waals surface area contributed by atoms with Crippen LogP contribution in [0.4, 0.5) is 0 Å². The Balaban J connectivity index is 2.31. The van der Waals surface area contributed by atoms with Crippen LogP contribution < -0.4 is 10.2 Å². The van der Waals surface area contributed by atoms with E-state index >= 15 is 0 Å². The number of nitrogens with zero attached hydrogens (tertiary/aromatic N) is 1. The standard InChI is InChI=1S/C12H16N2O3/c1-8-7-17-11-5-9(12(15)13-16)3-4-10(11)6-14(8)2/h3-5,8,16H,6-7H2,1-2H3,(H,13,15)/t8-/m0/s1. The highest BCUT2D eigenvalue weighted by atomic mass is 16.5. The van der Waals surface area contributed by atoms with E-state index in [4.69, 9.17) is 9.94 Å². The van der Waals surface area contributed by atoms with Crippen molar-refractivity contribution >= 4 is 5.91 Å². The second-order valence-corrected chi connectivity index (χ2v) is 4.34. The molecule has 0 fully saturated rings. The number of hydrogen-bond donors (Lipinski definition) is 2. The molecule has 0 saturated carbocycles. The number of carbonyl (C=O) groups is 1. The van der Waals surface area contributed by atoms with Gasteiger partial charge in [0.1, 0.15) is 12.4 Å². The predicted molar refractivity (Wildman–Crippen MR) is 62.1 cm³/mol. The molecule has 0 spiro atoms. The van der Waals surface area contributed by atoms with E-state index in [-0.39, 0.29) is 0 Å². The number of benzene rings is 1. The molecule has 0 bridgehead atoms. The third-order valence-electron chi connectivity index (χ3n) is 3.08. The third kappa shape index (κ3) is 2.40. The number of hydroxylamine groups is 1. The summed E-state index contributed by atoms with van der Waals surface area (Å²) in [6.07, 6.45) is 0. The molecule has 92 valence electrons. The van der Waals surface area contributed by atoms with E-state index in [0.717, 1.165) is 12.1 Å². The summed E-state index contributed by atoms with van der Waals surface area (Å²) in [4.78, 5) is 13.5. The molecule has 1 aromatic rings. The summed E-state index contributed by atoms with van der Waals surface area (Å²) in [5.41, 5.74) is 3.06. The minimum atomic E-state index is -0.526. The number of rotatable bonds is 1. The molecule has 1 aliphatic heterocycles. The van der Waals surface area contributed by atoms with Gasteiger partial charge in [0.25, 0.3) is 5.91 Å². The summed E-state index contributed by atoms with van der Waals surface area (Å²) >= 11 is 0. The van der Waals surface area contributed by atoms with Crippen molar-refractivity contribution < 1.29 is 14.7 Å². The maximum absolute atomic E-state index is 11.3. The van der Waals surface area contributed by atoms with Crippen LogP contribution >= 0.6 is 0 Å². The second-order valence-electron chi connectivity index (χ2n) is 4.34. The quantitative estimate of drug-likeness (QED) is 0.564. The van der Waals surface area contributed by atoms with Crippen LogP contribution in [-0.4, -0.2) is 35.7 Å². The van der Waals surface area contributed by atoms with Crippen LogP contribution in [0.15, 0.2) is 18.2 Å². The topological polar surface area (TPSA) is 61.8 Å². The lowest BCUT2D eigenvalue weighted by Crippen LogP contribution is -2.31. The van der Waals surface area contributed by atoms with Gasteiger partial charge in [0.2, 0.25) is 0 Å². The number of carbonyl (C=O) groups excluding carboxylic acids is 1. The first-order valence-corrected chi connectivity index (χ1v) is 5.52. The first-order valence-electron chi connectivity index (χ1n) is 5.52. The number of likely N-dealkylation sites (N-methyl/N-ethyl adjacent to an activating group) is 1. The number of nitrogens with one attached hydrogen (secondary N) is 1. The van der Waals surface area contributed by atoms with Crippen LogP contribution in [0.25, 0.3) is 0 Å². The van der Waals surface area contributed by atoms with Gasteiger partial charge in [0.15, 0.2) is 0 Å². The van der Waals surface area contributed by atoms with Gasteiger partial charge in [-0.15, -0.1) is 0 Å². The fourth-order valence-corrected chi connectivity index (χ4v) is 1.79. The minimum Gasteiger partial charge on any atom is -0.492 e. The van der Waals surface area contributed by atoms with Gasteiger partial charge in [0.05, 0.1) is 0 Å². The van der Waals surface area contributed by atoms with Crippen molar-refractivity contribution in [2.45, 2.75) is 19.5 Å². The molecule has 0 radical (unpaired) electrons. The molecule has 5 heteroatoms. The third-order valence-corrected chi connectivity index (χ3v) is 3.08. The first kappa shape index (κ1) is 11.9. The van der Waals surface area contributed by atoms with Crippen LogP contribution in [0, 0.1) is 0 Å². The monoisotopic (exact) mass is 236 g/mol. The van der Waals surface area contributed by atoms with E-state index in [9.17, 15) is 4.79 Å². The highest BCUT2D eigenvalue weighted by Crippen LogP contribution is 2.25. The summed E-state index contributed by atoms with van der Waals surface area (Å²) in [7, 11) is 2.04. The Hall–Kier alpha value is -1.59. The molecule has 0 aromatic heterocycles. The lowest BCUT2D eigenvalue weighted by molar-refractivity contribution is 0.0706. The van der Waals surface area contributed by atoms with Crippen molar-refractivity contribution in [2.24, 2.45) is 0 Å². The number of fused-ring (bicyclic) bond motifs is 1. The average molecular weight is 236 g/mol. The van der Waals surface area contributed by atoms with Crippen molar-refractivity contribution in [1.29, 1.82) is 0 Å². The highest BCUT2D eigenvalue weighted by molar-refractivity contribution is 5.93. The molecule has 2 N–H and O–H groups in total. The van der Waals surface area contributed by atoms with Crippen LogP contribution in [0.2, 0.25) is 0 Å². The molecule has 1 aromatic carbocycles. The zero-order valence-electron chi connectivity index (χ0n) is 9.93. The summed E-state index contributed by atoms with van der Waals surface area (Å²) in [6, 6.07) is 5.52. The van der Waals surface area contributed by atoms with Gasteiger partial charge in [0, 0.05) is 23.7 Å². The lowest BCUT2D eigenvalue weighted by Gasteiger charge is -2.19. The summed E-state index contributed by atoms with van der Waals surface area (Å²) in [5, 5.41) is 8.58. The minimum absolute atomic E-state index is 0.331. The Labute approximate surface area is 99.9 Å². The second kappa shape index (κ2) is 4.73. The van der Waals surface area contributed by atoms with Gasteiger partial charge in [-0.05, 0) is 26.1 Å². The maximum atomic E-state index is 11.3. The summed E-state index contributed by atoms with van der Waals surface area (Å²) in [5.74, 6) is 0.185. The lowest BCUT2D eigenvalue weighted by atomic mass is 10.1. The van der Waals surface area contributed by atoms with Gasteiger partial charge in [-0.2, -0.15) is 0 Å². The van der Waals surface area contributed by atoms with Crippen LogP contribution in [-0.2, 0) is 6.54 Å². The van der Waals surface area contributed by atoms with Crippen molar-refractivity contribution in [3.63, 3.8) is 0 Å². The normalized spacial score (nSPS) is 20.1. The predicted octanol–water partition coefficient (Wildman–Crippen LogP) is 1.02. The molecule has 2 rings (SSSR count). The van der Waals surface area contributed by atoms with Crippen molar-refractivity contribution in [2.75, 3.05) is 13.7 Å². The zero-order chi connectivity index (χ0) is 12.4. The summed E-state index contributed by atoms with van der Waals surface area (Å²) < 4.78 is 5.66. The van der Waals surface area contributed by atoms with E-state index in [1.165, 1.54) is 0 Å². The molecule has 17 heavy (non-hydrogen) atoms. The van der Waals surface area contributed by atoms with Gasteiger partial charge in [-0.1, -0.05) is 6.07 Å². The van der Waals surface area contributed by atoms with Gasteiger partial charge >= 0.3 is 0 Å². The highest BCUT2D eigenvalue weighted by Gasteiger charge is 2.19. The smallest absolute Gasteiger partial charge is 0.274 e. The van der Waals surface area contributed by atoms with Crippen LogP contribution in [0.5, 0.6) is 5.75 Å². The van der Waals surface area contributed by atoms with E-state index in [0.29, 0.717) is 24.0 Å². The Morgan fingerprint density at radius 2 is 2.35 bits per heavy atom. The van der Waals surface area contributed by atoms with E-state index < -0.39 is 5.91 Å². The molecular weight excluding hydrogens is 220 g/mol. The maximum Gasteiger partial charge on any atom is 0.274 e. The fraction of sp³-hybridized carbons (Fsp3) is 0.417. The van der Waals surface area contributed by atoms with Crippen molar-refractivity contribution in [3.8, 4) is 5.75 Å². The van der Waals surface area contributed by atoms with Gasteiger partial charge < -0.3 is 4.74 Å². The first-order chi connectivity index (χ1) is 8.11. The number of amides is 1. The molecule has 1 aliphatic rings. The molecule has 0 saturated heterocycles. The molecular formula is C12H16N2O3. The largest absolute Gasteiger partial charge is 0.492 e. The van der Waals surface area contributed by atoms with E-state index in [1.807, 2.05) is 13.1 Å². The Morgan fingerprint density at radius 3 is 3.06 bits per heavy atom. The fourth-order valence-electron chi connectivity index (χ4n) is 1.79. The Kier molecular flexibility index (Phi) is 3.31. The molecule has 1 atom stereocenters. The Morgan fingerprint density at radius 1 is 1.59 bits per heavy atom. The van der Waals surface area contributed by atoms with E-state index in [1.54, 1.807) is 17.6 Å². The van der Waals surface area contributed by atoms with Gasteiger partial charge in [-0.25, -0.2) is 5.48 Å². The molecule has 0 unspecified atom stereocenters. The van der Waals surface area contributed by atoms with Crippen LogP contribution in [0.1, 0.15) is 22.8 Å². The number of hydrogen-bond acceptors (Lipinski definition) is 4. The van der Waals surface area contributed by atoms with Crippen LogP contribution in [0.3, 0.4) is 0 Å². The average Bonchev–Trinajstić information content (AvgIpc) is 2.48. The molecule has 1 heterocycles. The zero-order valence-corrected chi connectivity index (χ0v) is 9.93. The van der Waals surface area contributed by atoms with Crippen molar-refractivity contribution in [3.05, 3.63) is 29.3 Å². The van der Waals surface area contributed by atoms with Gasteiger partial charge in [-0.3, -0.25) is 14.9 Å². The molecule has 0 aliphatic carbocycles. The Bertz CT molecular complexity index is 434. The summed E-state index contributed by atoms with van der Waals surface area (Å²) in [6.45, 7) is 3.47. The van der Waals surface area contributed by atoms with Crippen molar-refractivity contribution in [1.82, 2.24) is 10.4 Å². The molecule has 5 nitrogen and oxygen atoms in total. The number of ether oxygens (including phenoxy) is 1. The van der Waals surface area contributed by atoms with E-state index in [2.05, 4.69) is 11.8 Å².